The van der Waals surface area contributed by atoms with Crippen molar-refractivity contribution in [1.29, 1.82) is 0 Å². The molecule has 0 radical (unpaired) electrons. The fourth-order valence-corrected chi connectivity index (χ4v) is 5.80. The van der Waals surface area contributed by atoms with E-state index in [4.69, 9.17) is 17.2 Å². The molecule has 0 amide bonds. The number of hydrogen-bond acceptors (Lipinski definition) is 2. The lowest BCUT2D eigenvalue weighted by molar-refractivity contribution is 0.565. The highest BCUT2D eigenvalue weighted by atomic mass is 79.9. The summed E-state index contributed by atoms with van der Waals surface area (Å²) in [5.41, 5.74) is 8.13. The first-order chi connectivity index (χ1) is 16.8. The summed E-state index contributed by atoms with van der Waals surface area (Å²) >= 11 is 9.56. The first-order valence-electron chi connectivity index (χ1n) is 11.9. The molecule has 0 spiro atoms. The molecule has 1 saturated heterocycles. The van der Waals surface area contributed by atoms with Gasteiger partial charge in [-0.1, -0.05) is 54.0 Å². The summed E-state index contributed by atoms with van der Waals surface area (Å²) in [6.07, 6.45) is 1.85. The lowest BCUT2D eigenvalue weighted by Crippen LogP contribution is -2.29. The van der Waals surface area contributed by atoms with Crippen LogP contribution >= 0.6 is 28.1 Å². The lowest BCUT2D eigenvalue weighted by atomic mass is 9.96. The van der Waals surface area contributed by atoms with Gasteiger partial charge in [-0.25, -0.2) is 0 Å². The minimum absolute atomic E-state index is 0.0330. The number of aromatic nitrogens is 2. The Morgan fingerprint density at radius 1 is 0.943 bits per heavy atom. The molecule has 1 fully saturated rings. The van der Waals surface area contributed by atoms with Crippen molar-refractivity contribution in [2.45, 2.75) is 45.7 Å². The van der Waals surface area contributed by atoms with E-state index in [9.17, 15) is 0 Å². The Labute approximate surface area is 221 Å². The van der Waals surface area contributed by atoms with Gasteiger partial charge >= 0.3 is 0 Å². The van der Waals surface area contributed by atoms with Crippen LogP contribution in [0.3, 0.4) is 0 Å². The number of aryl methyl sites for hydroxylation is 1. The van der Waals surface area contributed by atoms with Crippen molar-refractivity contribution in [2.24, 2.45) is 0 Å². The summed E-state index contributed by atoms with van der Waals surface area (Å²) in [7, 11) is 0. The molecule has 1 aliphatic heterocycles. The monoisotopic (exact) mass is 544 g/mol. The van der Waals surface area contributed by atoms with Crippen LogP contribution in [-0.2, 0) is 0 Å². The van der Waals surface area contributed by atoms with Crippen LogP contribution in [0.2, 0.25) is 0 Å². The molecule has 0 saturated carbocycles. The van der Waals surface area contributed by atoms with Gasteiger partial charge in [-0.2, -0.15) is 0 Å². The standard InChI is InChI=1S/C29H29BrN4S/c1-18(2)21-11-13-23(14-12-21)34-28(27(32-29(34)35)26-10-5-6-15-31-26)25-16-19(3)33(20(25)4)24-9-7-8-22(30)17-24/h5-18,27-28H,1-4H3,(H,32,35)/t27-,28+/m1/s1. The van der Waals surface area contributed by atoms with E-state index in [1.807, 2.05) is 18.3 Å². The van der Waals surface area contributed by atoms with Gasteiger partial charge in [-0.05, 0) is 91.6 Å². The Kier molecular flexibility index (Phi) is 6.51. The van der Waals surface area contributed by atoms with Crippen molar-refractivity contribution in [3.8, 4) is 5.69 Å². The largest absolute Gasteiger partial charge is 0.351 e. The number of rotatable bonds is 5. The predicted octanol–water partition coefficient (Wildman–Crippen LogP) is 7.55. The normalized spacial score (nSPS) is 17.8. The zero-order chi connectivity index (χ0) is 24.7. The molecule has 0 aliphatic carbocycles. The Morgan fingerprint density at radius 3 is 2.37 bits per heavy atom. The van der Waals surface area contributed by atoms with E-state index in [1.165, 1.54) is 22.5 Å². The molecular formula is C29H29BrN4S. The van der Waals surface area contributed by atoms with Crippen LogP contribution < -0.4 is 10.2 Å². The lowest BCUT2D eigenvalue weighted by Gasteiger charge is -2.28. The zero-order valence-electron chi connectivity index (χ0n) is 20.4. The molecule has 2 aromatic carbocycles. The first kappa shape index (κ1) is 23.8. The van der Waals surface area contributed by atoms with Gasteiger partial charge in [0.05, 0.1) is 17.8 Å². The number of anilines is 1. The van der Waals surface area contributed by atoms with Gasteiger partial charge in [-0.3, -0.25) is 4.98 Å². The number of nitrogens with zero attached hydrogens (tertiary/aromatic N) is 3. The van der Waals surface area contributed by atoms with Gasteiger partial charge in [0, 0.05) is 33.4 Å². The molecule has 178 valence electrons. The smallest absolute Gasteiger partial charge is 0.174 e. The van der Waals surface area contributed by atoms with E-state index in [2.05, 4.69) is 119 Å². The average Bonchev–Trinajstić information content (AvgIpc) is 3.34. The molecule has 0 unspecified atom stereocenters. The van der Waals surface area contributed by atoms with E-state index in [0.717, 1.165) is 26.7 Å². The SMILES string of the molecule is Cc1cc([C@H]2[C@@H](c3ccccn3)NC(=S)N2c2ccc(C(C)C)cc2)c(C)n1-c1cccc(Br)c1. The molecule has 35 heavy (non-hydrogen) atoms. The zero-order valence-corrected chi connectivity index (χ0v) is 22.8. The van der Waals surface area contributed by atoms with Gasteiger partial charge in [0.1, 0.15) is 0 Å². The van der Waals surface area contributed by atoms with Crippen molar-refractivity contribution in [1.82, 2.24) is 14.9 Å². The molecular weight excluding hydrogens is 516 g/mol. The van der Waals surface area contributed by atoms with Gasteiger partial charge in [-0.15, -0.1) is 0 Å². The van der Waals surface area contributed by atoms with Crippen LogP contribution in [0, 0.1) is 13.8 Å². The highest BCUT2D eigenvalue weighted by Crippen LogP contribution is 2.44. The fraction of sp³-hybridized carbons (Fsp3) is 0.241. The molecule has 4 aromatic rings. The number of thiocarbonyl (C=S) groups is 1. The Balaban J connectivity index is 1.66. The van der Waals surface area contributed by atoms with Crippen LogP contribution in [0.25, 0.3) is 5.69 Å². The molecule has 1 N–H and O–H groups in total. The predicted molar refractivity (Wildman–Crippen MR) is 151 cm³/mol. The van der Waals surface area contributed by atoms with E-state index in [0.29, 0.717) is 5.92 Å². The number of hydrogen-bond donors (Lipinski definition) is 1. The molecule has 2 atom stereocenters. The molecule has 5 rings (SSSR count). The first-order valence-corrected chi connectivity index (χ1v) is 13.1. The van der Waals surface area contributed by atoms with Crippen LogP contribution in [0.15, 0.2) is 83.5 Å². The van der Waals surface area contributed by atoms with Gasteiger partial charge < -0.3 is 14.8 Å². The van der Waals surface area contributed by atoms with Crippen LogP contribution in [0.5, 0.6) is 0 Å². The minimum Gasteiger partial charge on any atom is -0.351 e. The van der Waals surface area contributed by atoms with Crippen molar-refractivity contribution in [3.63, 3.8) is 0 Å². The second-order valence-corrected chi connectivity index (χ2v) is 10.7. The van der Waals surface area contributed by atoms with E-state index < -0.39 is 0 Å². The van der Waals surface area contributed by atoms with Gasteiger partial charge in [0.25, 0.3) is 0 Å². The molecule has 1 aliphatic rings. The average molecular weight is 546 g/mol. The van der Waals surface area contributed by atoms with Crippen LogP contribution in [0.1, 0.15) is 60.1 Å². The summed E-state index contributed by atoms with van der Waals surface area (Å²) in [6.45, 7) is 8.79. The third kappa shape index (κ3) is 4.41. The van der Waals surface area contributed by atoms with E-state index in [1.54, 1.807) is 0 Å². The third-order valence-corrected chi connectivity index (χ3v) is 7.60. The quantitative estimate of drug-likeness (QED) is 0.263. The molecule has 3 heterocycles. The highest BCUT2D eigenvalue weighted by molar-refractivity contribution is 9.10. The van der Waals surface area contributed by atoms with E-state index in [-0.39, 0.29) is 12.1 Å². The minimum atomic E-state index is -0.0649. The van der Waals surface area contributed by atoms with Crippen molar-refractivity contribution >= 4 is 38.9 Å². The molecule has 2 aromatic heterocycles. The van der Waals surface area contributed by atoms with Crippen molar-refractivity contribution in [3.05, 3.63) is 112 Å². The summed E-state index contributed by atoms with van der Waals surface area (Å²) in [5, 5.41) is 4.31. The molecule has 6 heteroatoms. The summed E-state index contributed by atoms with van der Waals surface area (Å²) in [5.74, 6) is 0.480. The number of nitrogens with one attached hydrogen (secondary N) is 1. The topological polar surface area (TPSA) is 33.1 Å². The Hall–Kier alpha value is -2.96. The number of pyridine rings is 1. The van der Waals surface area contributed by atoms with Crippen LogP contribution in [0.4, 0.5) is 5.69 Å². The summed E-state index contributed by atoms with van der Waals surface area (Å²) < 4.78 is 3.38. The third-order valence-electron chi connectivity index (χ3n) is 6.79. The number of benzene rings is 2. The van der Waals surface area contributed by atoms with Gasteiger partial charge in [0.15, 0.2) is 5.11 Å². The van der Waals surface area contributed by atoms with Gasteiger partial charge in [0.2, 0.25) is 0 Å². The second-order valence-electron chi connectivity index (χ2n) is 9.38. The maximum Gasteiger partial charge on any atom is 0.174 e. The summed E-state index contributed by atoms with van der Waals surface area (Å²) in [6, 6.07) is 25.5. The van der Waals surface area contributed by atoms with Crippen molar-refractivity contribution < 1.29 is 0 Å². The molecule has 4 nitrogen and oxygen atoms in total. The molecule has 0 bridgehead atoms. The van der Waals surface area contributed by atoms with E-state index >= 15 is 0 Å². The fourth-order valence-electron chi connectivity index (χ4n) is 5.07. The summed E-state index contributed by atoms with van der Waals surface area (Å²) in [4.78, 5) is 6.96. The second kappa shape index (κ2) is 9.59. The number of halogens is 1. The highest BCUT2D eigenvalue weighted by Gasteiger charge is 2.42. The maximum absolute atomic E-state index is 5.93. The maximum atomic E-state index is 5.93. The van der Waals surface area contributed by atoms with Crippen LogP contribution in [-0.4, -0.2) is 14.7 Å². The Morgan fingerprint density at radius 2 is 1.71 bits per heavy atom. The Bertz CT molecular complexity index is 1360. The van der Waals surface area contributed by atoms with Crippen molar-refractivity contribution in [2.75, 3.05) is 4.90 Å².